The first-order chi connectivity index (χ1) is 13.9. The van der Waals surface area contributed by atoms with Crippen LogP contribution in [0.1, 0.15) is 38.2 Å². The molecule has 2 amide bonds. The van der Waals surface area contributed by atoms with Gasteiger partial charge in [-0.1, -0.05) is 26.5 Å². The molecule has 160 valence electrons. The third-order valence-electron chi connectivity index (χ3n) is 4.90. The number of halogens is 1. The van der Waals surface area contributed by atoms with E-state index in [4.69, 9.17) is 9.47 Å². The van der Waals surface area contributed by atoms with Gasteiger partial charge in [-0.15, -0.1) is 0 Å². The van der Waals surface area contributed by atoms with E-state index in [-0.39, 0.29) is 29.5 Å². The topological polar surface area (TPSA) is 67.9 Å². The van der Waals surface area contributed by atoms with Gasteiger partial charge in [0.15, 0.2) is 0 Å². The molecule has 0 saturated carbocycles. The molecule has 6 nitrogen and oxygen atoms in total. The Morgan fingerprint density at radius 3 is 2.86 bits per heavy atom. The standard InChI is InChI=1S/C22H31FN2O4/c1-4-22(27)25-9-7-17(15-25)13-21(26)24-8-10-28-11-12-29-20-14-18(23)5-6-19(20)16(2)3/h4-6,14,16-17H,1,7-13,15H2,2-3H3,(H,24,26). The van der Waals surface area contributed by atoms with E-state index in [9.17, 15) is 14.0 Å². The van der Waals surface area contributed by atoms with E-state index in [0.29, 0.717) is 51.6 Å². The maximum Gasteiger partial charge on any atom is 0.245 e. The molecule has 1 aromatic carbocycles. The van der Waals surface area contributed by atoms with Gasteiger partial charge in [0.2, 0.25) is 11.8 Å². The van der Waals surface area contributed by atoms with Gasteiger partial charge >= 0.3 is 0 Å². The molecule has 1 aliphatic heterocycles. The number of rotatable bonds is 11. The first-order valence-electron chi connectivity index (χ1n) is 10.1. The first kappa shape index (κ1) is 22.9. The van der Waals surface area contributed by atoms with Gasteiger partial charge in [-0.05, 0) is 36.0 Å². The Balaban J connectivity index is 1.56. The zero-order chi connectivity index (χ0) is 21.2. The van der Waals surface area contributed by atoms with Gasteiger partial charge in [-0.2, -0.15) is 0 Å². The highest BCUT2D eigenvalue weighted by atomic mass is 19.1. The van der Waals surface area contributed by atoms with Gasteiger partial charge in [0.05, 0.1) is 13.2 Å². The molecule has 1 unspecified atom stereocenters. The third-order valence-corrected chi connectivity index (χ3v) is 4.90. The number of hydrogen-bond donors (Lipinski definition) is 1. The molecule has 0 aromatic heterocycles. The van der Waals surface area contributed by atoms with E-state index in [0.717, 1.165) is 12.0 Å². The van der Waals surface area contributed by atoms with Crippen molar-refractivity contribution in [1.82, 2.24) is 10.2 Å². The molecule has 0 aliphatic carbocycles. The molecule has 2 rings (SSSR count). The lowest BCUT2D eigenvalue weighted by Gasteiger charge is -2.15. The van der Waals surface area contributed by atoms with Gasteiger partial charge in [-0.25, -0.2) is 4.39 Å². The average Bonchev–Trinajstić information content (AvgIpc) is 3.14. The van der Waals surface area contributed by atoms with E-state index in [1.165, 1.54) is 18.2 Å². The van der Waals surface area contributed by atoms with Crippen molar-refractivity contribution >= 4 is 11.8 Å². The summed E-state index contributed by atoms with van der Waals surface area (Å²) in [5, 5.41) is 2.83. The van der Waals surface area contributed by atoms with Gasteiger partial charge in [0.1, 0.15) is 18.2 Å². The summed E-state index contributed by atoms with van der Waals surface area (Å²) in [6.07, 6.45) is 2.54. The lowest BCUT2D eigenvalue weighted by Crippen LogP contribution is -2.31. The van der Waals surface area contributed by atoms with Crippen molar-refractivity contribution in [2.45, 2.75) is 32.6 Å². The van der Waals surface area contributed by atoms with Crippen LogP contribution in [0.25, 0.3) is 0 Å². The van der Waals surface area contributed by atoms with E-state index in [2.05, 4.69) is 11.9 Å². The summed E-state index contributed by atoms with van der Waals surface area (Å²) in [7, 11) is 0. The van der Waals surface area contributed by atoms with E-state index < -0.39 is 0 Å². The Morgan fingerprint density at radius 2 is 2.14 bits per heavy atom. The number of nitrogens with zero attached hydrogens (tertiary/aromatic N) is 1. The van der Waals surface area contributed by atoms with Crippen LogP contribution in [0, 0.1) is 11.7 Å². The summed E-state index contributed by atoms with van der Waals surface area (Å²) in [6, 6.07) is 4.56. The number of amides is 2. The molecule has 1 atom stereocenters. The molecular formula is C22H31FN2O4. The van der Waals surface area contributed by atoms with Crippen LogP contribution in [0.2, 0.25) is 0 Å². The molecule has 1 saturated heterocycles. The number of carbonyl (C=O) groups excluding carboxylic acids is 2. The van der Waals surface area contributed by atoms with Gasteiger partial charge < -0.3 is 19.7 Å². The summed E-state index contributed by atoms with van der Waals surface area (Å²) in [6.45, 7) is 10.3. The summed E-state index contributed by atoms with van der Waals surface area (Å²) in [5.41, 5.74) is 0.957. The normalized spacial score (nSPS) is 16.1. The Bertz CT molecular complexity index is 708. The van der Waals surface area contributed by atoms with Crippen LogP contribution in [0.4, 0.5) is 4.39 Å². The molecule has 1 aromatic rings. The van der Waals surface area contributed by atoms with Gasteiger partial charge in [0, 0.05) is 32.1 Å². The fourth-order valence-electron chi connectivity index (χ4n) is 3.35. The number of likely N-dealkylation sites (tertiary alicyclic amines) is 1. The van der Waals surface area contributed by atoms with Crippen molar-refractivity contribution in [3.8, 4) is 5.75 Å². The quantitative estimate of drug-likeness (QED) is 0.453. The highest BCUT2D eigenvalue weighted by Gasteiger charge is 2.26. The third kappa shape index (κ3) is 7.49. The van der Waals surface area contributed by atoms with Crippen molar-refractivity contribution in [3.63, 3.8) is 0 Å². The Kier molecular flexibility index (Phi) is 9.12. The van der Waals surface area contributed by atoms with Crippen LogP contribution >= 0.6 is 0 Å². The molecule has 0 bridgehead atoms. The lowest BCUT2D eigenvalue weighted by molar-refractivity contribution is -0.126. The van der Waals surface area contributed by atoms with Crippen molar-refractivity contribution < 1.29 is 23.5 Å². The Morgan fingerprint density at radius 1 is 1.34 bits per heavy atom. The van der Waals surface area contributed by atoms with E-state index >= 15 is 0 Å². The number of benzene rings is 1. The first-order valence-corrected chi connectivity index (χ1v) is 10.1. The molecule has 29 heavy (non-hydrogen) atoms. The Labute approximate surface area is 172 Å². The zero-order valence-corrected chi connectivity index (χ0v) is 17.3. The minimum Gasteiger partial charge on any atom is -0.491 e. The SMILES string of the molecule is C=CC(=O)N1CCC(CC(=O)NCCOCCOc2cc(F)ccc2C(C)C)C1. The van der Waals surface area contributed by atoms with Crippen LogP contribution in [-0.4, -0.2) is 56.2 Å². The fraction of sp³-hybridized carbons (Fsp3) is 0.545. The number of hydrogen-bond acceptors (Lipinski definition) is 4. The van der Waals surface area contributed by atoms with E-state index in [1.54, 1.807) is 11.0 Å². The van der Waals surface area contributed by atoms with Crippen LogP contribution < -0.4 is 10.1 Å². The Hall–Kier alpha value is -2.41. The molecule has 1 aliphatic rings. The number of ether oxygens (including phenoxy) is 2. The second-order valence-electron chi connectivity index (χ2n) is 7.49. The molecule has 1 heterocycles. The fourth-order valence-corrected chi connectivity index (χ4v) is 3.35. The monoisotopic (exact) mass is 406 g/mol. The van der Waals surface area contributed by atoms with Crippen LogP contribution in [-0.2, 0) is 14.3 Å². The van der Waals surface area contributed by atoms with Gasteiger partial charge in [0.25, 0.3) is 0 Å². The molecule has 7 heteroatoms. The summed E-state index contributed by atoms with van der Waals surface area (Å²) >= 11 is 0. The van der Waals surface area contributed by atoms with Gasteiger partial charge in [-0.3, -0.25) is 9.59 Å². The van der Waals surface area contributed by atoms with E-state index in [1.807, 2.05) is 13.8 Å². The minimum absolute atomic E-state index is 0.0379. The summed E-state index contributed by atoms with van der Waals surface area (Å²) in [5.74, 6) is 0.522. The maximum absolute atomic E-state index is 13.4. The summed E-state index contributed by atoms with van der Waals surface area (Å²) < 4.78 is 24.5. The predicted molar refractivity (Wildman–Crippen MR) is 109 cm³/mol. The minimum atomic E-state index is -0.327. The zero-order valence-electron chi connectivity index (χ0n) is 17.3. The predicted octanol–water partition coefficient (Wildman–Crippen LogP) is 2.89. The average molecular weight is 406 g/mol. The van der Waals surface area contributed by atoms with Crippen LogP contribution in [0.5, 0.6) is 5.75 Å². The van der Waals surface area contributed by atoms with Crippen LogP contribution in [0.15, 0.2) is 30.9 Å². The highest BCUT2D eigenvalue weighted by molar-refractivity contribution is 5.87. The highest BCUT2D eigenvalue weighted by Crippen LogP contribution is 2.27. The molecule has 1 fully saturated rings. The second kappa shape index (κ2) is 11.6. The number of carbonyl (C=O) groups is 2. The second-order valence-corrected chi connectivity index (χ2v) is 7.49. The van der Waals surface area contributed by atoms with Crippen LogP contribution in [0.3, 0.4) is 0 Å². The van der Waals surface area contributed by atoms with Crippen molar-refractivity contribution in [1.29, 1.82) is 0 Å². The maximum atomic E-state index is 13.4. The molecule has 1 N–H and O–H groups in total. The van der Waals surface area contributed by atoms with Crippen molar-refractivity contribution in [2.24, 2.45) is 5.92 Å². The lowest BCUT2D eigenvalue weighted by atomic mass is 10.0. The molecule has 0 radical (unpaired) electrons. The molecular weight excluding hydrogens is 375 g/mol. The van der Waals surface area contributed by atoms with Crippen molar-refractivity contribution in [3.05, 3.63) is 42.2 Å². The molecule has 0 spiro atoms. The number of nitrogens with one attached hydrogen (secondary N) is 1. The summed E-state index contributed by atoms with van der Waals surface area (Å²) in [4.78, 5) is 25.3. The largest absolute Gasteiger partial charge is 0.491 e. The smallest absolute Gasteiger partial charge is 0.245 e. The van der Waals surface area contributed by atoms with Crippen molar-refractivity contribution in [2.75, 3.05) is 39.5 Å².